The molecule has 0 aromatic heterocycles. The van der Waals surface area contributed by atoms with Crippen molar-refractivity contribution in [2.75, 3.05) is 13.2 Å². The fourth-order valence-corrected chi connectivity index (χ4v) is 3.59. The predicted octanol–water partition coefficient (Wildman–Crippen LogP) is 4.60. The Balaban J connectivity index is 1.53. The Morgan fingerprint density at radius 3 is 2.41 bits per heavy atom. The molecule has 0 fully saturated rings. The molecule has 0 aliphatic rings. The molecule has 3 rings (SSSR count). The van der Waals surface area contributed by atoms with Crippen LogP contribution in [0.2, 0.25) is 0 Å². The second kappa shape index (κ2) is 9.76. The molecule has 0 saturated heterocycles. The Labute approximate surface area is 184 Å². The van der Waals surface area contributed by atoms with Gasteiger partial charge in [-0.25, -0.2) is 0 Å². The number of halogens is 2. The maximum Gasteiger partial charge on any atom is 0.276 e. The van der Waals surface area contributed by atoms with Crippen molar-refractivity contribution in [2.24, 2.45) is 0 Å². The fraction of sp³-hybridized carbons (Fsp3) is 0.143. The van der Waals surface area contributed by atoms with E-state index in [1.807, 2.05) is 31.2 Å². The van der Waals surface area contributed by atoms with Gasteiger partial charge in [0.25, 0.3) is 11.8 Å². The molecule has 0 spiro atoms. The zero-order valence-corrected chi connectivity index (χ0v) is 18.7. The fourth-order valence-electron chi connectivity index (χ4n) is 2.60. The van der Waals surface area contributed by atoms with E-state index < -0.39 is 11.8 Å². The Morgan fingerprint density at radius 1 is 0.931 bits per heavy atom. The van der Waals surface area contributed by atoms with Crippen molar-refractivity contribution < 1.29 is 19.1 Å². The van der Waals surface area contributed by atoms with Crippen LogP contribution in [0.5, 0.6) is 11.5 Å². The number of hydrogen-bond donors (Lipinski definition) is 2. The van der Waals surface area contributed by atoms with Gasteiger partial charge in [0, 0.05) is 10.0 Å². The molecule has 0 saturated carbocycles. The van der Waals surface area contributed by atoms with E-state index in [1.165, 1.54) is 0 Å². The summed E-state index contributed by atoms with van der Waals surface area (Å²) in [5, 5.41) is 2.00. The molecule has 6 nitrogen and oxygen atoms in total. The molecular weight excluding hydrogens is 504 g/mol. The summed E-state index contributed by atoms with van der Waals surface area (Å²) < 4.78 is 12.6. The number of carbonyl (C=O) groups is 2. The second-order valence-corrected chi connectivity index (χ2v) is 7.70. The van der Waals surface area contributed by atoms with Gasteiger partial charge in [0.1, 0.15) is 11.5 Å². The van der Waals surface area contributed by atoms with Crippen LogP contribution in [-0.4, -0.2) is 25.0 Å². The highest BCUT2D eigenvalue weighted by Crippen LogP contribution is 2.34. The van der Waals surface area contributed by atoms with Gasteiger partial charge in [-0.15, -0.1) is 0 Å². The molecule has 3 aromatic carbocycles. The normalized spacial score (nSPS) is 10.4. The maximum atomic E-state index is 12.1. The summed E-state index contributed by atoms with van der Waals surface area (Å²) in [5.74, 6) is 0.300. The van der Waals surface area contributed by atoms with Gasteiger partial charge in [0.15, 0.2) is 6.61 Å². The second-order valence-electron chi connectivity index (χ2n) is 5.99. The van der Waals surface area contributed by atoms with E-state index in [1.54, 1.807) is 30.3 Å². The van der Waals surface area contributed by atoms with E-state index >= 15 is 0 Å². The third-order valence-corrected chi connectivity index (χ3v) is 5.29. The van der Waals surface area contributed by atoms with Crippen molar-refractivity contribution in [3.8, 4) is 11.5 Å². The number of carbonyl (C=O) groups excluding carboxylic acids is 2. The molecule has 0 atom stereocenters. The first-order valence-corrected chi connectivity index (χ1v) is 10.4. The zero-order chi connectivity index (χ0) is 20.8. The van der Waals surface area contributed by atoms with Gasteiger partial charge in [-0.05, 0) is 76.1 Å². The smallest absolute Gasteiger partial charge is 0.276 e. The van der Waals surface area contributed by atoms with Crippen LogP contribution in [-0.2, 0) is 4.79 Å². The van der Waals surface area contributed by atoms with Crippen LogP contribution >= 0.6 is 31.9 Å². The van der Waals surface area contributed by atoms with Crippen LogP contribution in [0.4, 0.5) is 0 Å². The molecule has 0 radical (unpaired) electrons. The Morgan fingerprint density at radius 2 is 1.69 bits per heavy atom. The third kappa shape index (κ3) is 5.48. The number of amides is 2. The number of ether oxygens (including phenoxy) is 2. The van der Waals surface area contributed by atoms with E-state index in [9.17, 15) is 9.59 Å². The highest BCUT2D eigenvalue weighted by atomic mass is 79.9. The molecule has 8 heteroatoms. The van der Waals surface area contributed by atoms with Gasteiger partial charge >= 0.3 is 0 Å². The molecule has 2 N–H and O–H groups in total. The first-order chi connectivity index (χ1) is 14.0. The van der Waals surface area contributed by atoms with Crippen LogP contribution in [0.1, 0.15) is 17.3 Å². The van der Waals surface area contributed by atoms with Crippen molar-refractivity contribution in [1.29, 1.82) is 0 Å². The SMILES string of the molecule is CCOc1ccc(C(=O)NNC(=O)COc2ccc3cc(Br)ccc3c2Br)cc1. The summed E-state index contributed by atoms with van der Waals surface area (Å²) in [6, 6.07) is 16.2. The lowest BCUT2D eigenvalue weighted by atomic mass is 10.1. The van der Waals surface area contributed by atoms with Crippen molar-refractivity contribution >= 4 is 54.4 Å². The van der Waals surface area contributed by atoms with Crippen molar-refractivity contribution in [3.05, 3.63) is 69.1 Å². The molecule has 150 valence electrons. The van der Waals surface area contributed by atoms with E-state index in [2.05, 4.69) is 42.7 Å². The minimum Gasteiger partial charge on any atom is -0.494 e. The molecule has 2 amide bonds. The van der Waals surface area contributed by atoms with E-state index in [-0.39, 0.29) is 6.61 Å². The predicted molar refractivity (Wildman–Crippen MR) is 118 cm³/mol. The topological polar surface area (TPSA) is 76.7 Å². The van der Waals surface area contributed by atoms with Crippen molar-refractivity contribution in [3.63, 3.8) is 0 Å². The largest absolute Gasteiger partial charge is 0.494 e. The summed E-state index contributed by atoms with van der Waals surface area (Å²) >= 11 is 6.96. The average molecular weight is 522 g/mol. The summed E-state index contributed by atoms with van der Waals surface area (Å²) in [4.78, 5) is 24.1. The summed E-state index contributed by atoms with van der Waals surface area (Å²) in [7, 11) is 0. The summed E-state index contributed by atoms with van der Waals surface area (Å²) in [5.41, 5.74) is 5.10. The minimum atomic E-state index is -0.480. The van der Waals surface area contributed by atoms with Gasteiger partial charge in [-0.1, -0.05) is 28.1 Å². The summed E-state index contributed by atoms with van der Waals surface area (Å²) in [6.45, 7) is 2.18. The molecule has 0 unspecified atom stereocenters. The van der Waals surface area contributed by atoms with Gasteiger partial charge in [-0.2, -0.15) is 0 Å². The van der Waals surface area contributed by atoms with Crippen LogP contribution < -0.4 is 20.3 Å². The zero-order valence-electron chi connectivity index (χ0n) is 15.5. The molecular formula is C21H18Br2N2O4. The molecule has 0 bridgehead atoms. The number of hydrazine groups is 1. The van der Waals surface area contributed by atoms with E-state index in [4.69, 9.17) is 9.47 Å². The lowest BCUT2D eigenvalue weighted by molar-refractivity contribution is -0.123. The molecule has 29 heavy (non-hydrogen) atoms. The van der Waals surface area contributed by atoms with Crippen LogP contribution in [0.3, 0.4) is 0 Å². The monoisotopic (exact) mass is 520 g/mol. The Bertz CT molecular complexity index is 1040. The van der Waals surface area contributed by atoms with Gasteiger partial charge in [0.2, 0.25) is 0 Å². The lowest BCUT2D eigenvalue weighted by Gasteiger charge is -2.11. The summed E-state index contributed by atoms with van der Waals surface area (Å²) in [6.07, 6.45) is 0. The molecule has 0 aliphatic heterocycles. The average Bonchev–Trinajstić information content (AvgIpc) is 2.72. The van der Waals surface area contributed by atoms with Crippen molar-refractivity contribution in [2.45, 2.75) is 6.92 Å². The quantitative estimate of drug-likeness (QED) is 0.465. The first-order valence-electron chi connectivity index (χ1n) is 8.80. The van der Waals surface area contributed by atoms with Gasteiger partial charge in [-0.3, -0.25) is 20.4 Å². The van der Waals surface area contributed by atoms with Gasteiger partial charge < -0.3 is 9.47 Å². The third-order valence-electron chi connectivity index (χ3n) is 3.98. The molecule has 0 aliphatic carbocycles. The van der Waals surface area contributed by atoms with Crippen LogP contribution in [0.25, 0.3) is 10.8 Å². The Hall–Kier alpha value is -2.58. The number of nitrogens with one attached hydrogen (secondary N) is 2. The van der Waals surface area contributed by atoms with Crippen LogP contribution in [0, 0.1) is 0 Å². The van der Waals surface area contributed by atoms with Gasteiger partial charge in [0.05, 0.1) is 11.1 Å². The number of rotatable bonds is 6. The number of hydrogen-bond acceptors (Lipinski definition) is 4. The Kier molecular flexibility index (Phi) is 7.11. The number of benzene rings is 3. The van der Waals surface area contributed by atoms with Crippen molar-refractivity contribution in [1.82, 2.24) is 10.9 Å². The molecule has 0 heterocycles. The van der Waals surface area contributed by atoms with E-state index in [0.717, 1.165) is 19.7 Å². The highest BCUT2D eigenvalue weighted by Gasteiger charge is 2.11. The minimum absolute atomic E-state index is 0.246. The standard InChI is InChI=1S/C21H18Br2N2O4/c1-2-28-16-7-3-13(4-8-16)21(27)25-24-19(26)12-29-18-10-5-14-11-15(22)6-9-17(14)20(18)23/h3-11H,2,12H2,1H3,(H,24,26)(H,25,27). The first kappa shape index (κ1) is 21.1. The maximum absolute atomic E-state index is 12.1. The number of fused-ring (bicyclic) bond motifs is 1. The lowest BCUT2D eigenvalue weighted by Crippen LogP contribution is -2.43. The molecule has 3 aromatic rings. The van der Waals surface area contributed by atoms with E-state index in [0.29, 0.717) is 23.7 Å². The highest BCUT2D eigenvalue weighted by molar-refractivity contribution is 9.11. The van der Waals surface area contributed by atoms with Crippen LogP contribution in [0.15, 0.2) is 63.5 Å².